The molecule has 0 saturated heterocycles. The van der Waals surface area contributed by atoms with E-state index in [0.717, 1.165) is 17.0 Å². The van der Waals surface area contributed by atoms with Gasteiger partial charge in [-0.3, -0.25) is 9.59 Å². The van der Waals surface area contributed by atoms with Crippen LogP contribution in [0.5, 0.6) is 0 Å². The van der Waals surface area contributed by atoms with E-state index in [0.29, 0.717) is 29.5 Å². The van der Waals surface area contributed by atoms with E-state index in [1.54, 1.807) is 6.20 Å². The highest BCUT2D eigenvalue weighted by Gasteiger charge is 2.59. The van der Waals surface area contributed by atoms with Gasteiger partial charge in [0.2, 0.25) is 11.8 Å². The van der Waals surface area contributed by atoms with Crippen molar-refractivity contribution >= 4 is 44.8 Å². The zero-order valence-electron chi connectivity index (χ0n) is 21.1. The number of amides is 2. The van der Waals surface area contributed by atoms with Crippen molar-refractivity contribution in [2.45, 2.75) is 78.7 Å². The fraction of sp³-hybridized carbons (Fsp3) is 0.680. The van der Waals surface area contributed by atoms with Crippen LogP contribution in [0, 0.1) is 22.2 Å². The first-order valence-corrected chi connectivity index (χ1v) is 13.8. The molecule has 4 rings (SSSR count). The number of rotatable bonds is 6. The molecule has 0 bridgehead atoms. The molecule has 0 radical (unpaired) electrons. The van der Waals surface area contributed by atoms with E-state index in [9.17, 15) is 19.8 Å². The molecule has 2 aromatic rings. The molecule has 4 N–H and O–H groups in total. The highest BCUT2D eigenvalue weighted by Crippen LogP contribution is 2.62. The van der Waals surface area contributed by atoms with E-state index in [-0.39, 0.29) is 47.5 Å². The van der Waals surface area contributed by atoms with Gasteiger partial charge in [0.05, 0.1) is 18.4 Å². The molecule has 1 saturated carbocycles. The maximum absolute atomic E-state index is 13.1. The third-order valence-corrected chi connectivity index (χ3v) is 9.60. The van der Waals surface area contributed by atoms with Gasteiger partial charge >= 0.3 is 0 Å². The largest absolute Gasteiger partial charge is 0.396 e. The maximum atomic E-state index is 13.1. The van der Waals surface area contributed by atoms with Crippen LogP contribution in [-0.2, 0) is 16.0 Å². The molecule has 2 aliphatic carbocycles. The average Bonchev–Trinajstić information content (AvgIpc) is 3.40. The van der Waals surface area contributed by atoms with E-state index >= 15 is 0 Å². The highest BCUT2D eigenvalue weighted by atomic mass is 32.1. The summed E-state index contributed by atoms with van der Waals surface area (Å²) in [5.41, 5.74) is -0.316. The third-order valence-electron chi connectivity index (χ3n) is 7.90. The number of fused-ring (bicyclic) bond motifs is 2. The van der Waals surface area contributed by atoms with Crippen LogP contribution in [0.15, 0.2) is 11.6 Å². The lowest BCUT2D eigenvalue weighted by atomic mass is 9.47. The Kier molecular flexibility index (Phi) is 7.13. The molecule has 2 amide bonds. The Morgan fingerprint density at radius 1 is 1.20 bits per heavy atom. The minimum absolute atomic E-state index is 0.0347. The van der Waals surface area contributed by atoms with Gasteiger partial charge in [0.25, 0.3) is 0 Å². The Bertz CT molecular complexity index is 1080. The fourth-order valence-electron chi connectivity index (χ4n) is 5.99. The minimum atomic E-state index is -0.686. The van der Waals surface area contributed by atoms with Gasteiger partial charge in [-0.25, -0.2) is 9.97 Å². The van der Waals surface area contributed by atoms with E-state index in [2.05, 4.69) is 22.5 Å². The lowest BCUT2D eigenvalue weighted by Crippen LogP contribution is -2.57. The van der Waals surface area contributed by atoms with Crippen LogP contribution >= 0.6 is 22.7 Å². The molecule has 1 fully saturated rings. The van der Waals surface area contributed by atoms with E-state index in [1.807, 2.05) is 33.1 Å². The van der Waals surface area contributed by atoms with E-state index in [1.165, 1.54) is 22.7 Å². The number of nitrogens with one attached hydrogen (secondary N) is 2. The minimum Gasteiger partial charge on any atom is -0.396 e. The van der Waals surface area contributed by atoms with E-state index in [4.69, 9.17) is 4.98 Å². The second-order valence-electron chi connectivity index (χ2n) is 11.7. The number of hydrogen-bond acceptors (Lipinski definition) is 8. The van der Waals surface area contributed by atoms with Crippen molar-refractivity contribution in [3.8, 4) is 0 Å². The maximum Gasteiger partial charge on any atom is 0.226 e. The van der Waals surface area contributed by atoms with Gasteiger partial charge in [-0.05, 0) is 36.0 Å². The quantitative estimate of drug-likeness (QED) is 0.447. The molecular weight excluding hydrogens is 484 g/mol. The lowest BCUT2D eigenvalue weighted by Gasteiger charge is -2.58. The van der Waals surface area contributed by atoms with Gasteiger partial charge in [0, 0.05) is 40.6 Å². The van der Waals surface area contributed by atoms with Crippen molar-refractivity contribution in [1.29, 1.82) is 0 Å². The first-order valence-electron chi connectivity index (χ1n) is 12.1. The molecule has 5 atom stereocenters. The van der Waals surface area contributed by atoms with Crippen molar-refractivity contribution in [2.75, 3.05) is 17.2 Å². The van der Waals surface area contributed by atoms with Gasteiger partial charge in [0.1, 0.15) is 0 Å². The summed E-state index contributed by atoms with van der Waals surface area (Å²) < 4.78 is 0. The number of aliphatic hydroxyl groups excluding tert-OH is 2. The summed E-state index contributed by atoms with van der Waals surface area (Å²) in [5, 5.41) is 30.0. The molecular formula is C25H36N4O4S2. The van der Waals surface area contributed by atoms with Crippen LogP contribution in [0.25, 0.3) is 0 Å². The van der Waals surface area contributed by atoms with Crippen LogP contribution < -0.4 is 10.6 Å². The van der Waals surface area contributed by atoms with Crippen LogP contribution in [0.1, 0.15) is 76.8 Å². The predicted molar refractivity (Wildman–Crippen MR) is 139 cm³/mol. The number of aromatic nitrogens is 2. The highest BCUT2D eigenvalue weighted by molar-refractivity contribution is 7.16. The van der Waals surface area contributed by atoms with Gasteiger partial charge in [-0.2, -0.15) is 0 Å². The Labute approximate surface area is 214 Å². The second-order valence-corrected chi connectivity index (χ2v) is 13.7. The fourth-order valence-corrected chi connectivity index (χ4v) is 7.62. The van der Waals surface area contributed by atoms with Crippen molar-refractivity contribution in [3.05, 3.63) is 22.1 Å². The molecule has 0 aliphatic heterocycles. The first kappa shape index (κ1) is 26.2. The van der Waals surface area contributed by atoms with Crippen LogP contribution in [0.3, 0.4) is 0 Å². The molecule has 192 valence electrons. The molecule has 8 nitrogen and oxygen atoms in total. The number of carbonyl (C=O) groups is 2. The summed E-state index contributed by atoms with van der Waals surface area (Å²) in [6, 6.07) is 0. The second kappa shape index (κ2) is 9.53. The van der Waals surface area contributed by atoms with Gasteiger partial charge in [-0.1, -0.05) is 34.6 Å². The Morgan fingerprint density at radius 2 is 1.91 bits per heavy atom. The molecule has 0 aromatic carbocycles. The van der Waals surface area contributed by atoms with Crippen molar-refractivity contribution in [3.63, 3.8) is 0 Å². The number of carbonyl (C=O) groups excluding carboxylic acids is 2. The van der Waals surface area contributed by atoms with Crippen molar-refractivity contribution in [2.24, 2.45) is 22.2 Å². The molecule has 0 unspecified atom stereocenters. The monoisotopic (exact) mass is 520 g/mol. The van der Waals surface area contributed by atoms with Gasteiger partial charge in [-0.15, -0.1) is 22.7 Å². The summed E-state index contributed by atoms with van der Waals surface area (Å²) in [5.74, 6) is -0.464. The Hall–Kier alpha value is -1.88. The van der Waals surface area contributed by atoms with Crippen LogP contribution in [0.4, 0.5) is 10.3 Å². The predicted octanol–water partition coefficient (Wildman–Crippen LogP) is 4.42. The zero-order valence-corrected chi connectivity index (χ0v) is 22.7. The lowest BCUT2D eigenvalue weighted by molar-refractivity contribution is -0.143. The molecule has 35 heavy (non-hydrogen) atoms. The number of anilines is 2. The standard InChI is InChI=1S/C25H36N4O4S2/c1-23(2,3)12-19(33)28-22-29-20-14(10-18(32)27-21-26-8-9-34-21)24(4)7-6-17(31)25(5,13-30)16(24)11-15(20)35-22/h8-9,14,16-17,30-31H,6-7,10-13H2,1-5H3,(H,26,27,32)(H,28,29,33)/t14-,16+,17-,24+,25+/m1/s1. The van der Waals surface area contributed by atoms with E-state index < -0.39 is 11.5 Å². The summed E-state index contributed by atoms with van der Waals surface area (Å²) in [6.45, 7) is 10.0. The average molecular weight is 521 g/mol. The van der Waals surface area contributed by atoms with Crippen LogP contribution in [-0.4, -0.2) is 44.7 Å². The SMILES string of the molecule is CC(C)(C)CC(=O)Nc1nc2c(s1)C[C@@H]1[C@](C)(CO)[C@H](O)CC[C@@]1(C)[C@@H]2CC(=O)Nc1nccs1. The molecule has 2 aliphatic rings. The number of nitrogens with zero attached hydrogens (tertiary/aromatic N) is 2. The number of aliphatic hydroxyl groups is 2. The molecule has 2 heterocycles. The summed E-state index contributed by atoms with van der Waals surface area (Å²) in [6.07, 6.45) is 3.57. The third kappa shape index (κ3) is 5.16. The van der Waals surface area contributed by atoms with Crippen molar-refractivity contribution < 1.29 is 19.8 Å². The smallest absolute Gasteiger partial charge is 0.226 e. The Morgan fingerprint density at radius 3 is 2.54 bits per heavy atom. The molecule has 0 spiro atoms. The number of hydrogen-bond donors (Lipinski definition) is 4. The number of thiazole rings is 2. The summed E-state index contributed by atoms with van der Waals surface area (Å²) in [4.78, 5) is 35.7. The van der Waals surface area contributed by atoms with Gasteiger partial charge < -0.3 is 20.8 Å². The Balaban J connectivity index is 1.69. The molecule has 2 aromatic heterocycles. The summed E-state index contributed by atoms with van der Waals surface area (Å²) in [7, 11) is 0. The zero-order chi connectivity index (χ0) is 25.6. The normalized spacial score (nSPS) is 30.3. The first-order chi connectivity index (χ1) is 16.4. The molecule has 10 heteroatoms. The van der Waals surface area contributed by atoms with Gasteiger partial charge in [0.15, 0.2) is 10.3 Å². The van der Waals surface area contributed by atoms with Crippen LogP contribution in [0.2, 0.25) is 0 Å². The van der Waals surface area contributed by atoms with Crippen molar-refractivity contribution in [1.82, 2.24) is 9.97 Å². The topological polar surface area (TPSA) is 124 Å². The summed E-state index contributed by atoms with van der Waals surface area (Å²) >= 11 is 2.81.